The topological polar surface area (TPSA) is 296 Å². The van der Waals surface area contributed by atoms with Crippen molar-refractivity contribution in [3.05, 3.63) is 0 Å². The summed E-state index contributed by atoms with van der Waals surface area (Å²) in [5, 5.41) is 0. The molecule has 132 valence electrons. The molecule has 22 heavy (non-hydrogen) atoms. The third-order valence-electron chi connectivity index (χ3n) is 0. The van der Waals surface area contributed by atoms with Crippen LogP contribution in [0.1, 0.15) is 14.3 Å². The molecule has 0 saturated heterocycles. The van der Waals surface area contributed by atoms with E-state index in [-0.39, 0.29) is 214 Å². The van der Waals surface area contributed by atoms with Gasteiger partial charge in [0.05, 0.1) is 0 Å². The third-order valence-corrected chi connectivity index (χ3v) is 0. The molecule has 0 radical (unpaired) electrons. The molecule has 14 nitrogen and oxygen atoms in total. The van der Waals surface area contributed by atoms with E-state index in [1.54, 1.807) is 0 Å². The maximum Gasteiger partial charge on any atom is 2.00 e. The van der Waals surface area contributed by atoms with E-state index in [0.717, 1.165) is 0 Å². The summed E-state index contributed by atoms with van der Waals surface area (Å²) < 4.78 is 26.6. The van der Waals surface area contributed by atoms with Gasteiger partial charge in [-0.2, -0.15) is 0 Å². The quantitative estimate of drug-likeness (QED) is 0.103. The van der Waals surface area contributed by atoms with Gasteiger partial charge in [-0.1, -0.05) is 0 Å². The fourth-order valence-electron chi connectivity index (χ4n) is 0. The van der Waals surface area contributed by atoms with Gasteiger partial charge in [-0.25, -0.2) is 13.7 Å². The van der Waals surface area contributed by atoms with E-state index < -0.39 is 23.5 Å². The van der Waals surface area contributed by atoms with Crippen molar-refractivity contribution in [1.82, 2.24) is 0 Å². The van der Waals surface area contributed by atoms with Crippen LogP contribution in [-0.4, -0.2) is 244 Å². The molecule has 0 aliphatic rings. The van der Waals surface area contributed by atoms with Crippen LogP contribution in [0.25, 0.3) is 0 Å². The van der Waals surface area contributed by atoms with Gasteiger partial charge in [0.2, 0.25) is 0 Å². The predicted octanol–water partition coefficient (Wildman–Crippen LogP) is -5.21. The Morgan fingerprint density at radius 3 is 0.409 bits per heavy atom. The summed E-state index contributed by atoms with van der Waals surface area (Å²) in [7, 11) is -13.9. The molecule has 13 N–H and O–H groups in total. The van der Waals surface area contributed by atoms with E-state index in [1.807, 2.05) is 0 Å². The molecule has 0 atom stereocenters. The molecule has 0 saturated carbocycles. The van der Waals surface area contributed by atoms with Crippen LogP contribution < -0.4 is 0 Å². The Bertz CT molecular complexity index is 243. The van der Waals surface area contributed by atoms with Gasteiger partial charge in [0.25, 0.3) is 0 Å². The van der Waals surface area contributed by atoms with Crippen LogP contribution >= 0.6 is 23.5 Å². The van der Waals surface area contributed by atoms with Gasteiger partial charge in [0.1, 0.15) is 0 Å². The second-order valence-electron chi connectivity index (χ2n) is 1.54. The molecule has 0 aromatic carbocycles. The van der Waals surface area contributed by atoms with Crippen LogP contribution in [-0.2, 0) is 13.7 Å². The zero-order valence-electron chi connectivity index (χ0n) is 21.1. The molecule has 0 aliphatic heterocycles. The van der Waals surface area contributed by atoms with Gasteiger partial charge in [-0.3, -0.25) is 0 Å². The van der Waals surface area contributed by atoms with Crippen molar-refractivity contribution in [3.63, 3.8) is 0 Å². The molecule has 22 heteroatoms. The number of hydrogen-bond acceptors (Lipinski definition) is 3. The van der Waals surface area contributed by atoms with Gasteiger partial charge in [0, 0.05) is 0 Å². The van der Waals surface area contributed by atoms with Gasteiger partial charge in [0.15, 0.2) is 0 Å². The number of hydrogen-bond donors (Lipinski definition) is 9. The number of rotatable bonds is 0. The van der Waals surface area contributed by atoms with Crippen molar-refractivity contribution in [2.45, 2.75) is 0 Å². The summed E-state index contributed by atoms with van der Waals surface area (Å²) >= 11 is 0. The Labute approximate surface area is 289 Å². The largest absolute Gasteiger partial charge is 2.00 e. The van der Waals surface area contributed by atoms with Crippen molar-refractivity contribution >= 4 is 212 Å². The van der Waals surface area contributed by atoms with E-state index >= 15 is 0 Å². The second kappa shape index (κ2) is 32.2. The summed E-state index contributed by atoms with van der Waals surface area (Å²) in [6, 6.07) is 0. The standard InChI is InChI=1S/5Ca.3H3O4P.2H2O.10H/c;;;;;3*1-5(2,3)4;;;;;;;;;;;;/h;;;;;3*(H3,1,2,3,4);2*1H2;;;;;;;;;;/q5*+2;;;;;;10*-1. The Balaban J connectivity index is -0.00000000296. The first-order chi connectivity index (χ1) is 6.00. The summed E-state index contributed by atoms with van der Waals surface area (Å²) in [6.45, 7) is 0. The molecular formula is H23Ca5O14P3. The minimum absolute atomic E-state index is 0. The first-order valence-corrected chi connectivity index (χ1v) is 7.04. The van der Waals surface area contributed by atoms with Crippen LogP contribution in [0.15, 0.2) is 0 Å². The fraction of sp³-hybridized carbons (Fsp3) is 0. The molecule has 0 aliphatic carbocycles. The van der Waals surface area contributed by atoms with E-state index in [9.17, 15) is 0 Å². The Hall–Kier alpha value is 6.55. The molecular weight excluding hydrogens is 517 g/mol. The van der Waals surface area contributed by atoms with Crippen LogP contribution in [0.5, 0.6) is 0 Å². The normalized spacial score (nSPS) is 8.05. The first kappa shape index (κ1) is 63.0. The van der Waals surface area contributed by atoms with E-state index in [4.69, 9.17) is 57.7 Å². The molecule has 0 unspecified atom stereocenters. The van der Waals surface area contributed by atoms with Crippen LogP contribution in [0.4, 0.5) is 0 Å². The molecule has 0 aromatic heterocycles. The number of phosphoric acid groups is 3. The summed E-state index contributed by atoms with van der Waals surface area (Å²) in [6.07, 6.45) is 0. The summed E-state index contributed by atoms with van der Waals surface area (Å²) in [5.41, 5.74) is 0. The van der Waals surface area contributed by atoms with E-state index in [0.29, 0.717) is 0 Å². The van der Waals surface area contributed by atoms with Gasteiger partial charge in [-0.05, 0) is 0 Å². The second-order valence-corrected chi connectivity index (χ2v) is 4.62. The predicted molar refractivity (Wildman–Crippen MR) is 89.9 cm³/mol. The zero-order chi connectivity index (χ0) is 13.5. The SMILES string of the molecule is O.O.O=P(O)(O)O.O=P(O)(O)O.O=P(O)(O)O.[Ca+2].[Ca+2].[Ca+2].[Ca+2].[Ca+2].[H-].[H-].[H-].[H-].[H-].[H-].[H-].[H-].[H-].[H-]. The van der Waals surface area contributed by atoms with Crippen LogP contribution in [0.2, 0.25) is 0 Å². The van der Waals surface area contributed by atoms with Crippen LogP contribution in [0, 0.1) is 0 Å². The van der Waals surface area contributed by atoms with Crippen molar-refractivity contribution in [1.29, 1.82) is 0 Å². The Morgan fingerprint density at radius 2 is 0.409 bits per heavy atom. The van der Waals surface area contributed by atoms with E-state index in [2.05, 4.69) is 0 Å². The van der Waals surface area contributed by atoms with Crippen molar-refractivity contribution in [2.24, 2.45) is 0 Å². The van der Waals surface area contributed by atoms with Crippen LogP contribution in [0.3, 0.4) is 0 Å². The van der Waals surface area contributed by atoms with Crippen molar-refractivity contribution < 1.29 is 83.0 Å². The van der Waals surface area contributed by atoms with Crippen molar-refractivity contribution in [3.8, 4) is 0 Å². The third kappa shape index (κ3) is 404. The summed E-state index contributed by atoms with van der Waals surface area (Å²) in [5.74, 6) is 0. The molecule has 0 aromatic rings. The minimum Gasteiger partial charge on any atom is -1.00 e. The Morgan fingerprint density at radius 1 is 0.409 bits per heavy atom. The molecule has 0 heterocycles. The fourth-order valence-corrected chi connectivity index (χ4v) is 0. The maximum absolute atomic E-state index is 8.88. The summed E-state index contributed by atoms with van der Waals surface area (Å²) in [4.78, 5) is 64.7. The monoisotopic (exact) mass is 540 g/mol. The zero-order valence-corrected chi connectivity index (χ0v) is 24.9. The van der Waals surface area contributed by atoms with Gasteiger partial charge < -0.3 is 69.3 Å². The molecule has 0 rings (SSSR count). The van der Waals surface area contributed by atoms with Gasteiger partial charge >= 0.3 is 212 Å². The smallest absolute Gasteiger partial charge is 1.00 e. The molecule has 0 fully saturated rings. The molecule has 0 bridgehead atoms. The van der Waals surface area contributed by atoms with E-state index in [1.165, 1.54) is 0 Å². The molecule has 0 spiro atoms. The average molecular weight is 540 g/mol. The van der Waals surface area contributed by atoms with Gasteiger partial charge in [-0.15, -0.1) is 0 Å². The minimum atomic E-state index is -4.64. The molecule has 0 amide bonds. The van der Waals surface area contributed by atoms with Crippen molar-refractivity contribution in [2.75, 3.05) is 0 Å². The first-order valence-electron chi connectivity index (χ1n) is 2.35. The maximum atomic E-state index is 8.88. The Kier molecular flexibility index (Phi) is 92.2. The average Bonchev–Trinajstić information content (AvgIpc) is 1.41.